The first-order chi connectivity index (χ1) is 17.3. The third-order valence-corrected chi connectivity index (χ3v) is 5.88. The average molecular weight is 490 g/mol. The second-order valence-corrected chi connectivity index (χ2v) is 8.92. The molecule has 0 radical (unpaired) electrons. The number of nitrogens with one attached hydrogen (secondary N) is 2. The van der Waals surface area contributed by atoms with Crippen molar-refractivity contribution in [2.75, 3.05) is 18.5 Å². The van der Waals surface area contributed by atoms with E-state index in [2.05, 4.69) is 25.8 Å². The Hall–Kier alpha value is -4.25. The lowest BCUT2D eigenvalue weighted by Crippen LogP contribution is -2.31. The topological polar surface area (TPSA) is 125 Å². The Morgan fingerprint density at radius 2 is 2.03 bits per heavy atom. The fourth-order valence-corrected chi connectivity index (χ4v) is 3.96. The fraction of sp³-hybridized carbons (Fsp3) is 0.320. The van der Waals surface area contributed by atoms with Gasteiger partial charge in [0, 0.05) is 43.6 Å². The number of anilines is 1. The monoisotopic (exact) mass is 489 g/mol. The molecular weight excluding hydrogens is 462 g/mol. The zero-order valence-corrected chi connectivity index (χ0v) is 20.3. The number of amides is 2. The molecule has 2 N–H and O–H groups in total. The lowest BCUT2D eigenvalue weighted by molar-refractivity contribution is -0.121. The SMILES string of the molecule is CC1=C(NC(=O)c2cc(C)nn2C)C=C(Oc2ccc3nc(NC(=O)CC4COC4)cn3n2)CC=C1. The first-order valence-electron chi connectivity index (χ1n) is 11.7. The molecule has 1 fully saturated rings. The van der Waals surface area contributed by atoms with E-state index in [1.165, 1.54) is 0 Å². The van der Waals surface area contributed by atoms with Crippen LogP contribution in [0.5, 0.6) is 5.88 Å². The van der Waals surface area contributed by atoms with E-state index in [-0.39, 0.29) is 17.7 Å². The van der Waals surface area contributed by atoms with E-state index < -0.39 is 0 Å². The summed E-state index contributed by atoms with van der Waals surface area (Å²) in [5.41, 5.74) is 3.34. The first kappa shape index (κ1) is 23.5. The maximum absolute atomic E-state index is 12.8. The van der Waals surface area contributed by atoms with Crippen molar-refractivity contribution < 1.29 is 19.1 Å². The average Bonchev–Trinajstić information content (AvgIpc) is 3.30. The zero-order valence-electron chi connectivity index (χ0n) is 20.3. The van der Waals surface area contributed by atoms with Crippen LogP contribution in [0, 0.1) is 12.8 Å². The number of fused-ring (bicyclic) bond motifs is 1. The Bertz CT molecular complexity index is 1430. The Kier molecular flexibility index (Phi) is 6.38. The second kappa shape index (κ2) is 9.78. The summed E-state index contributed by atoms with van der Waals surface area (Å²) >= 11 is 0. The van der Waals surface area contributed by atoms with Gasteiger partial charge >= 0.3 is 0 Å². The standard InChI is InChI=1S/C25H27N7O4/c1-15-5-4-6-18(11-19(15)26-25(34)20-9-16(2)29-31(20)3)36-24-8-7-22-27-21(12-32(22)30-24)28-23(33)10-17-13-35-14-17/h4-5,7-9,11-12,17H,6,10,13-14H2,1-3H3,(H,26,34)(H,28,33). The minimum absolute atomic E-state index is 0.100. The Labute approximate surface area is 207 Å². The van der Waals surface area contributed by atoms with Gasteiger partial charge in [-0.2, -0.15) is 5.10 Å². The van der Waals surface area contributed by atoms with Crippen LogP contribution in [0.3, 0.4) is 0 Å². The van der Waals surface area contributed by atoms with Gasteiger partial charge in [0.15, 0.2) is 11.5 Å². The number of carbonyl (C=O) groups is 2. The maximum atomic E-state index is 12.8. The summed E-state index contributed by atoms with van der Waals surface area (Å²) in [6, 6.07) is 5.21. The summed E-state index contributed by atoms with van der Waals surface area (Å²) in [5, 5.41) is 14.5. The predicted octanol–water partition coefficient (Wildman–Crippen LogP) is 2.67. The molecule has 186 valence electrons. The van der Waals surface area contributed by atoms with Gasteiger partial charge in [0.05, 0.1) is 25.1 Å². The Morgan fingerprint density at radius 3 is 2.75 bits per heavy atom. The summed E-state index contributed by atoms with van der Waals surface area (Å²) in [4.78, 5) is 29.4. The van der Waals surface area contributed by atoms with E-state index in [0.29, 0.717) is 60.6 Å². The molecular formula is C25H27N7O4. The fourth-order valence-electron chi connectivity index (χ4n) is 3.96. The molecule has 0 bridgehead atoms. The Morgan fingerprint density at radius 1 is 1.19 bits per heavy atom. The Balaban J connectivity index is 1.29. The van der Waals surface area contributed by atoms with E-state index in [0.717, 1.165) is 11.3 Å². The molecule has 1 aliphatic carbocycles. The third-order valence-electron chi connectivity index (χ3n) is 5.88. The highest BCUT2D eigenvalue weighted by atomic mass is 16.5. The number of allylic oxidation sites excluding steroid dienone is 4. The van der Waals surface area contributed by atoms with Gasteiger partial charge < -0.3 is 20.1 Å². The second-order valence-electron chi connectivity index (χ2n) is 8.92. The zero-order chi connectivity index (χ0) is 25.2. The van der Waals surface area contributed by atoms with Crippen LogP contribution in [0.15, 0.2) is 59.7 Å². The van der Waals surface area contributed by atoms with Crippen LogP contribution in [0.2, 0.25) is 0 Å². The summed E-state index contributed by atoms with van der Waals surface area (Å²) in [6.07, 6.45) is 8.27. The molecule has 2 amide bonds. The van der Waals surface area contributed by atoms with Crippen molar-refractivity contribution in [3.63, 3.8) is 0 Å². The summed E-state index contributed by atoms with van der Waals surface area (Å²) < 4.78 is 14.3. The largest absolute Gasteiger partial charge is 0.442 e. The number of aromatic nitrogens is 5. The molecule has 0 atom stereocenters. The van der Waals surface area contributed by atoms with E-state index in [9.17, 15) is 9.59 Å². The molecule has 0 saturated carbocycles. The molecule has 3 aromatic rings. The normalized spacial score (nSPS) is 15.9. The molecule has 4 heterocycles. The molecule has 11 nitrogen and oxygen atoms in total. The van der Waals surface area contributed by atoms with Crippen molar-refractivity contribution in [1.82, 2.24) is 29.7 Å². The van der Waals surface area contributed by atoms with Crippen molar-refractivity contribution in [2.24, 2.45) is 13.0 Å². The molecule has 1 aliphatic heterocycles. The summed E-state index contributed by atoms with van der Waals surface area (Å²) in [5.74, 6) is 1.31. The van der Waals surface area contributed by atoms with Crippen molar-refractivity contribution in [3.05, 3.63) is 71.0 Å². The van der Waals surface area contributed by atoms with Crippen molar-refractivity contribution in [3.8, 4) is 5.88 Å². The van der Waals surface area contributed by atoms with Crippen LogP contribution in [-0.2, 0) is 16.6 Å². The summed E-state index contributed by atoms with van der Waals surface area (Å²) in [7, 11) is 1.73. The lowest BCUT2D eigenvalue weighted by Gasteiger charge is -2.24. The highest BCUT2D eigenvalue weighted by Gasteiger charge is 2.22. The van der Waals surface area contributed by atoms with Gasteiger partial charge in [-0.1, -0.05) is 12.2 Å². The maximum Gasteiger partial charge on any atom is 0.273 e. The minimum Gasteiger partial charge on any atom is -0.442 e. The van der Waals surface area contributed by atoms with Crippen LogP contribution in [-0.4, -0.2) is 49.4 Å². The number of imidazole rings is 1. The number of rotatable bonds is 7. The van der Waals surface area contributed by atoms with Crippen molar-refractivity contribution in [1.29, 1.82) is 0 Å². The van der Waals surface area contributed by atoms with Gasteiger partial charge in [-0.15, -0.1) is 5.10 Å². The van der Waals surface area contributed by atoms with Gasteiger partial charge in [0.1, 0.15) is 11.5 Å². The van der Waals surface area contributed by atoms with Crippen LogP contribution in [0.4, 0.5) is 5.82 Å². The molecule has 1 saturated heterocycles. The van der Waals surface area contributed by atoms with Gasteiger partial charge in [0.2, 0.25) is 11.8 Å². The van der Waals surface area contributed by atoms with Crippen LogP contribution in [0.1, 0.15) is 35.9 Å². The van der Waals surface area contributed by atoms with Gasteiger partial charge in [-0.05, 0) is 31.6 Å². The van der Waals surface area contributed by atoms with Crippen LogP contribution >= 0.6 is 0 Å². The van der Waals surface area contributed by atoms with Crippen LogP contribution < -0.4 is 15.4 Å². The smallest absolute Gasteiger partial charge is 0.273 e. The van der Waals surface area contributed by atoms with Crippen molar-refractivity contribution in [2.45, 2.75) is 26.7 Å². The molecule has 0 aromatic carbocycles. The van der Waals surface area contributed by atoms with Crippen molar-refractivity contribution >= 4 is 23.3 Å². The van der Waals surface area contributed by atoms with Gasteiger partial charge in [-0.3, -0.25) is 14.3 Å². The number of nitrogens with zero attached hydrogens (tertiary/aromatic N) is 5. The lowest BCUT2D eigenvalue weighted by atomic mass is 10.0. The number of aryl methyl sites for hydroxylation is 2. The van der Waals surface area contributed by atoms with Crippen LogP contribution in [0.25, 0.3) is 5.65 Å². The van der Waals surface area contributed by atoms with Gasteiger partial charge in [0.25, 0.3) is 5.91 Å². The quantitative estimate of drug-likeness (QED) is 0.523. The molecule has 2 aliphatic rings. The highest BCUT2D eigenvalue weighted by Crippen LogP contribution is 2.21. The number of carbonyl (C=O) groups excluding carboxylic acids is 2. The number of ether oxygens (including phenoxy) is 2. The predicted molar refractivity (Wildman–Crippen MR) is 131 cm³/mol. The molecule has 11 heteroatoms. The van der Waals surface area contributed by atoms with E-state index in [1.54, 1.807) is 46.7 Å². The number of hydrogen-bond donors (Lipinski definition) is 2. The van der Waals surface area contributed by atoms with E-state index >= 15 is 0 Å². The summed E-state index contributed by atoms with van der Waals surface area (Å²) in [6.45, 7) is 5.00. The molecule has 0 spiro atoms. The molecule has 36 heavy (non-hydrogen) atoms. The van der Waals surface area contributed by atoms with E-state index in [1.807, 2.05) is 26.0 Å². The highest BCUT2D eigenvalue weighted by molar-refractivity contribution is 5.94. The first-order valence-corrected chi connectivity index (χ1v) is 11.7. The number of hydrogen-bond acceptors (Lipinski definition) is 7. The van der Waals surface area contributed by atoms with Gasteiger partial charge in [-0.25, -0.2) is 9.50 Å². The third kappa shape index (κ3) is 5.20. The molecule has 3 aromatic heterocycles. The molecule has 0 unspecified atom stereocenters. The molecule has 5 rings (SSSR count). The minimum atomic E-state index is -0.254. The van der Waals surface area contributed by atoms with E-state index in [4.69, 9.17) is 9.47 Å².